The third-order valence-electron chi connectivity index (χ3n) is 7.09. The Bertz CT molecular complexity index is 1570. The van der Waals surface area contributed by atoms with E-state index >= 15 is 0 Å². The van der Waals surface area contributed by atoms with Gasteiger partial charge < -0.3 is 20.1 Å². The molecule has 0 radical (unpaired) electrons. The van der Waals surface area contributed by atoms with Gasteiger partial charge in [0.05, 0.1) is 25.2 Å². The Morgan fingerprint density at radius 3 is 2.51 bits per heavy atom. The van der Waals surface area contributed by atoms with Crippen molar-refractivity contribution in [3.8, 4) is 11.5 Å². The summed E-state index contributed by atoms with van der Waals surface area (Å²) in [5.41, 5.74) is 2.97. The number of ether oxygens (including phenoxy) is 2. The molecule has 10 nitrogen and oxygen atoms in total. The summed E-state index contributed by atoms with van der Waals surface area (Å²) in [6.07, 6.45) is 0.896. The molecule has 0 saturated carbocycles. The van der Waals surface area contributed by atoms with Crippen LogP contribution in [0.15, 0.2) is 82.8 Å². The molecule has 2 aliphatic rings. The van der Waals surface area contributed by atoms with Crippen molar-refractivity contribution in [2.45, 2.75) is 44.0 Å². The number of amidine groups is 2. The van der Waals surface area contributed by atoms with Gasteiger partial charge in [-0.3, -0.25) is 19.4 Å². The maximum Gasteiger partial charge on any atom is 0.259 e. The number of aliphatic imine (C=N–C) groups is 2. The molecule has 3 amide bonds. The topological polar surface area (TPSA) is 122 Å². The number of amides is 3. The molecule has 0 bridgehead atoms. The highest BCUT2D eigenvalue weighted by Crippen LogP contribution is 2.36. The summed E-state index contributed by atoms with van der Waals surface area (Å²) in [6, 6.07) is 21.3. The highest BCUT2D eigenvalue weighted by Gasteiger charge is 2.42. The third-order valence-corrected chi connectivity index (χ3v) is 8.41. The number of rotatable bonds is 11. The Morgan fingerprint density at radius 2 is 1.77 bits per heavy atom. The number of carbonyl (C=O) groups excluding carboxylic acids is 3. The number of carbonyl (C=O) groups is 3. The Morgan fingerprint density at radius 1 is 1.00 bits per heavy atom. The third kappa shape index (κ3) is 6.89. The first-order chi connectivity index (χ1) is 20.9. The summed E-state index contributed by atoms with van der Waals surface area (Å²) in [5.74, 6) is 1.23. The lowest BCUT2D eigenvalue weighted by molar-refractivity contribution is -0.125. The molecular weight excluding hydrogens is 566 g/mol. The average molecular weight is 600 g/mol. The summed E-state index contributed by atoms with van der Waals surface area (Å²) >= 11 is 1.22. The van der Waals surface area contributed by atoms with E-state index in [9.17, 15) is 14.4 Å². The zero-order valence-corrected chi connectivity index (χ0v) is 25.0. The van der Waals surface area contributed by atoms with Crippen LogP contribution in [0.3, 0.4) is 0 Å². The van der Waals surface area contributed by atoms with Crippen molar-refractivity contribution in [2.75, 3.05) is 19.5 Å². The van der Waals surface area contributed by atoms with Crippen LogP contribution in [0.2, 0.25) is 0 Å². The number of fused-ring (bicyclic) bond motifs is 3. The van der Waals surface area contributed by atoms with Crippen molar-refractivity contribution in [1.29, 1.82) is 0 Å². The molecule has 0 aromatic heterocycles. The number of nitrogens with one attached hydrogen (secondary N) is 2. The number of nitrogens with zero attached hydrogens (tertiary/aromatic N) is 3. The smallest absolute Gasteiger partial charge is 0.259 e. The van der Waals surface area contributed by atoms with Gasteiger partial charge in [-0.1, -0.05) is 49.0 Å². The van der Waals surface area contributed by atoms with Gasteiger partial charge in [0.25, 0.3) is 5.91 Å². The molecule has 5 rings (SSSR count). The second kappa shape index (κ2) is 13.6. The van der Waals surface area contributed by atoms with Gasteiger partial charge in [-0.2, -0.15) is 0 Å². The van der Waals surface area contributed by atoms with E-state index in [-0.39, 0.29) is 30.6 Å². The van der Waals surface area contributed by atoms with Crippen LogP contribution in [-0.4, -0.2) is 59.1 Å². The highest BCUT2D eigenvalue weighted by molar-refractivity contribution is 8.15. The lowest BCUT2D eigenvalue weighted by atomic mass is 10.1. The molecule has 0 saturated heterocycles. The van der Waals surface area contributed by atoms with Crippen LogP contribution in [0.1, 0.15) is 37.3 Å². The Hall–Kier alpha value is -4.64. The molecule has 2 heterocycles. The number of anilines is 1. The van der Waals surface area contributed by atoms with Crippen LogP contribution in [-0.2, 0) is 20.9 Å². The molecule has 2 N–H and O–H groups in total. The van der Waals surface area contributed by atoms with E-state index in [4.69, 9.17) is 19.5 Å². The van der Waals surface area contributed by atoms with Crippen molar-refractivity contribution >= 4 is 51.9 Å². The summed E-state index contributed by atoms with van der Waals surface area (Å²) in [6.45, 7) is 2.29. The fourth-order valence-corrected chi connectivity index (χ4v) is 5.76. The monoisotopic (exact) mass is 599 g/mol. The summed E-state index contributed by atoms with van der Waals surface area (Å²) in [5, 5.41) is 5.71. The minimum atomic E-state index is -0.732. The van der Waals surface area contributed by atoms with Crippen molar-refractivity contribution < 1.29 is 23.9 Å². The molecule has 0 spiro atoms. The van der Waals surface area contributed by atoms with Crippen LogP contribution < -0.4 is 20.1 Å². The molecule has 43 heavy (non-hydrogen) atoms. The summed E-state index contributed by atoms with van der Waals surface area (Å²) in [7, 11) is 3.17. The number of para-hydroxylation sites is 1. The lowest BCUT2D eigenvalue weighted by Gasteiger charge is -2.27. The SMILES string of the molecule is CC[C@H](SC1=Nc2ccccc2C2=N[C@H](CCC(=O)NCc3ccc(OC)cc3)C(=O)N12)C(=O)Nc1cccc(OC)c1. The molecule has 2 aliphatic heterocycles. The van der Waals surface area contributed by atoms with Gasteiger partial charge in [0.2, 0.25) is 11.8 Å². The average Bonchev–Trinajstić information content (AvgIpc) is 3.38. The van der Waals surface area contributed by atoms with Crippen LogP contribution >= 0.6 is 11.8 Å². The Balaban J connectivity index is 1.27. The molecule has 0 unspecified atom stereocenters. The van der Waals surface area contributed by atoms with Gasteiger partial charge in [0.15, 0.2) is 5.17 Å². The normalized spacial score (nSPS) is 15.9. The van der Waals surface area contributed by atoms with Gasteiger partial charge in [-0.15, -0.1) is 0 Å². The number of methoxy groups -OCH3 is 2. The Kier molecular flexibility index (Phi) is 9.41. The first-order valence-corrected chi connectivity index (χ1v) is 14.9. The van der Waals surface area contributed by atoms with Crippen LogP contribution in [0.5, 0.6) is 11.5 Å². The van der Waals surface area contributed by atoms with E-state index < -0.39 is 11.3 Å². The Labute approximate surface area is 254 Å². The zero-order valence-electron chi connectivity index (χ0n) is 24.2. The van der Waals surface area contributed by atoms with Gasteiger partial charge in [0.1, 0.15) is 23.4 Å². The van der Waals surface area contributed by atoms with E-state index in [0.717, 1.165) is 16.9 Å². The largest absolute Gasteiger partial charge is 0.497 e. The van der Waals surface area contributed by atoms with Gasteiger partial charge >= 0.3 is 0 Å². The quantitative estimate of drug-likeness (QED) is 0.323. The lowest BCUT2D eigenvalue weighted by Crippen LogP contribution is -2.42. The van der Waals surface area contributed by atoms with E-state index in [1.54, 1.807) is 38.5 Å². The maximum atomic E-state index is 13.7. The molecule has 222 valence electrons. The van der Waals surface area contributed by atoms with Crippen molar-refractivity contribution in [1.82, 2.24) is 10.2 Å². The van der Waals surface area contributed by atoms with Gasteiger partial charge in [-0.25, -0.2) is 9.89 Å². The summed E-state index contributed by atoms with van der Waals surface area (Å²) < 4.78 is 10.4. The van der Waals surface area contributed by atoms with Crippen molar-refractivity contribution in [3.63, 3.8) is 0 Å². The number of thioether (sulfide) groups is 1. The number of benzene rings is 3. The van der Waals surface area contributed by atoms with Crippen molar-refractivity contribution in [2.24, 2.45) is 9.98 Å². The first-order valence-electron chi connectivity index (χ1n) is 14.0. The first kappa shape index (κ1) is 29.8. The zero-order chi connectivity index (χ0) is 30.3. The number of hydrogen-bond donors (Lipinski definition) is 2. The molecule has 3 aromatic rings. The van der Waals surface area contributed by atoms with Crippen LogP contribution in [0.25, 0.3) is 0 Å². The van der Waals surface area contributed by atoms with Gasteiger partial charge in [0, 0.05) is 30.3 Å². The van der Waals surface area contributed by atoms with Crippen molar-refractivity contribution in [3.05, 3.63) is 83.9 Å². The fraction of sp³-hybridized carbons (Fsp3) is 0.281. The minimum Gasteiger partial charge on any atom is -0.497 e. The molecular formula is C32H33N5O5S. The second-order valence-electron chi connectivity index (χ2n) is 9.95. The molecule has 11 heteroatoms. The number of hydrogen-bond acceptors (Lipinski definition) is 8. The summed E-state index contributed by atoms with van der Waals surface area (Å²) in [4.78, 5) is 50.6. The predicted octanol–water partition coefficient (Wildman–Crippen LogP) is 4.91. The highest BCUT2D eigenvalue weighted by atomic mass is 32.2. The molecule has 2 atom stereocenters. The van der Waals surface area contributed by atoms with E-state index in [1.165, 1.54) is 16.7 Å². The van der Waals surface area contributed by atoms with E-state index in [1.807, 2.05) is 55.5 Å². The van der Waals surface area contributed by atoms with Gasteiger partial charge in [-0.05, 0) is 54.8 Å². The minimum absolute atomic E-state index is 0.138. The van der Waals surface area contributed by atoms with Crippen LogP contribution in [0, 0.1) is 0 Å². The second-order valence-corrected chi connectivity index (χ2v) is 11.1. The van der Waals surface area contributed by atoms with E-state index in [0.29, 0.717) is 41.1 Å². The molecule has 0 fully saturated rings. The molecule has 0 aliphatic carbocycles. The predicted molar refractivity (Wildman–Crippen MR) is 168 cm³/mol. The van der Waals surface area contributed by atoms with E-state index in [2.05, 4.69) is 10.6 Å². The standard InChI is InChI=1S/C32H33N5O5S/c1-4-27(30(39)34-21-8-7-9-23(18-21)42-3)43-32-36-25-11-6-5-10-24(25)29-35-26(31(40)37(29)32)16-17-28(38)33-19-20-12-14-22(41-2)15-13-20/h5-15,18,26-27H,4,16-17,19H2,1-3H3,(H,33,38)(H,34,39)/t26-,27+/m1/s1. The van der Waals surface area contributed by atoms with Crippen LogP contribution in [0.4, 0.5) is 11.4 Å². The fourth-order valence-electron chi connectivity index (χ4n) is 4.74. The maximum absolute atomic E-state index is 13.7. The molecule has 3 aromatic carbocycles.